The number of ether oxygens (including phenoxy) is 1. The molecule has 2 heterocycles. The number of nitrogens with two attached hydrogens (primary N) is 1. The number of aryl methyl sites for hydroxylation is 1. The first-order valence-electron chi connectivity index (χ1n) is 6.32. The SMILES string of the molecule is CCOC(=O)c1c(C)csc1N1CC(S(N)(=O)=O)CC1=O. The van der Waals surface area contributed by atoms with Crippen molar-refractivity contribution in [3.63, 3.8) is 0 Å². The number of hydrogen-bond acceptors (Lipinski definition) is 6. The molecule has 0 aliphatic carbocycles. The molecule has 21 heavy (non-hydrogen) atoms. The Kier molecular flexibility index (Phi) is 4.35. The van der Waals surface area contributed by atoms with E-state index in [-0.39, 0.29) is 25.5 Å². The Hall–Kier alpha value is -1.45. The number of amides is 1. The van der Waals surface area contributed by atoms with Crippen molar-refractivity contribution < 1.29 is 22.7 Å². The Morgan fingerprint density at radius 3 is 2.76 bits per heavy atom. The van der Waals surface area contributed by atoms with E-state index in [0.29, 0.717) is 16.1 Å². The molecule has 0 spiro atoms. The fourth-order valence-electron chi connectivity index (χ4n) is 2.17. The first kappa shape index (κ1) is 15.9. The summed E-state index contributed by atoms with van der Waals surface area (Å²) >= 11 is 1.21. The van der Waals surface area contributed by atoms with Crippen LogP contribution in [0.2, 0.25) is 0 Å². The van der Waals surface area contributed by atoms with Gasteiger partial charge < -0.3 is 9.64 Å². The standard InChI is InChI=1S/C12H16N2O5S2/c1-3-19-12(16)10-7(2)6-20-11(10)14-5-8(4-9(14)15)21(13,17)18/h6,8H,3-5H2,1-2H3,(H2,13,17,18). The van der Waals surface area contributed by atoms with Crippen LogP contribution < -0.4 is 10.0 Å². The van der Waals surface area contributed by atoms with E-state index >= 15 is 0 Å². The zero-order chi connectivity index (χ0) is 15.8. The Morgan fingerprint density at radius 1 is 1.57 bits per heavy atom. The fourth-order valence-corrected chi connectivity index (χ4v) is 3.98. The van der Waals surface area contributed by atoms with Crippen molar-refractivity contribution in [1.29, 1.82) is 0 Å². The van der Waals surface area contributed by atoms with Gasteiger partial charge in [0.1, 0.15) is 10.3 Å². The maximum Gasteiger partial charge on any atom is 0.341 e. The number of hydrogen-bond donors (Lipinski definition) is 1. The molecule has 0 bridgehead atoms. The lowest BCUT2D eigenvalue weighted by atomic mass is 10.2. The Bertz CT molecular complexity index is 680. The lowest BCUT2D eigenvalue weighted by Crippen LogP contribution is -2.32. The van der Waals surface area contributed by atoms with Gasteiger partial charge in [0.05, 0.1) is 12.2 Å². The molecular weight excluding hydrogens is 316 g/mol. The molecule has 116 valence electrons. The van der Waals surface area contributed by atoms with Gasteiger partial charge in [0.25, 0.3) is 0 Å². The lowest BCUT2D eigenvalue weighted by Gasteiger charge is -2.16. The van der Waals surface area contributed by atoms with Gasteiger partial charge in [0.2, 0.25) is 15.9 Å². The van der Waals surface area contributed by atoms with E-state index in [0.717, 1.165) is 0 Å². The second-order valence-corrected chi connectivity index (χ2v) is 7.44. The molecule has 1 aliphatic heterocycles. The Labute approximate surface area is 126 Å². The summed E-state index contributed by atoms with van der Waals surface area (Å²) in [5.41, 5.74) is 1.01. The van der Waals surface area contributed by atoms with E-state index in [1.54, 1.807) is 19.2 Å². The lowest BCUT2D eigenvalue weighted by molar-refractivity contribution is -0.117. The van der Waals surface area contributed by atoms with Crippen LogP contribution in [-0.4, -0.2) is 38.7 Å². The van der Waals surface area contributed by atoms with Crippen molar-refractivity contribution in [1.82, 2.24) is 0 Å². The van der Waals surface area contributed by atoms with Gasteiger partial charge in [-0.3, -0.25) is 4.79 Å². The minimum absolute atomic E-state index is 0.0377. The summed E-state index contributed by atoms with van der Waals surface area (Å²) in [7, 11) is -3.79. The molecule has 1 atom stereocenters. The first-order valence-corrected chi connectivity index (χ1v) is 8.81. The van der Waals surface area contributed by atoms with Crippen molar-refractivity contribution in [3.05, 3.63) is 16.5 Å². The average Bonchev–Trinajstić information content (AvgIpc) is 2.92. The van der Waals surface area contributed by atoms with Crippen LogP contribution in [0.1, 0.15) is 29.3 Å². The van der Waals surface area contributed by atoms with Crippen molar-refractivity contribution in [2.45, 2.75) is 25.5 Å². The van der Waals surface area contributed by atoms with Crippen molar-refractivity contribution in [3.8, 4) is 0 Å². The molecular formula is C12H16N2O5S2. The second kappa shape index (κ2) is 5.74. The third kappa shape index (κ3) is 3.09. The third-order valence-corrected chi connectivity index (χ3v) is 5.60. The second-order valence-electron chi connectivity index (χ2n) is 4.74. The first-order chi connectivity index (χ1) is 9.75. The summed E-state index contributed by atoms with van der Waals surface area (Å²) in [6, 6.07) is 0. The number of primary sulfonamides is 1. The van der Waals surface area contributed by atoms with E-state index in [9.17, 15) is 18.0 Å². The molecule has 2 N–H and O–H groups in total. The highest BCUT2D eigenvalue weighted by Crippen LogP contribution is 2.35. The van der Waals surface area contributed by atoms with Crippen LogP contribution in [0.5, 0.6) is 0 Å². The molecule has 1 unspecified atom stereocenters. The molecule has 2 rings (SSSR count). The van der Waals surface area contributed by atoms with Crippen LogP contribution in [0, 0.1) is 6.92 Å². The predicted octanol–water partition coefficient (Wildman–Crippen LogP) is 0.627. The molecule has 1 fully saturated rings. The van der Waals surface area contributed by atoms with Gasteiger partial charge >= 0.3 is 5.97 Å². The van der Waals surface area contributed by atoms with E-state index in [2.05, 4.69) is 0 Å². The largest absolute Gasteiger partial charge is 0.462 e. The van der Waals surface area contributed by atoms with Crippen molar-refractivity contribution in [2.24, 2.45) is 5.14 Å². The number of carbonyl (C=O) groups excluding carboxylic acids is 2. The predicted molar refractivity (Wildman–Crippen MR) is 78.9 cm³/mol. The molecule has 9 heteroatoms. The average molecular weight is 332 g/mol. The monoisotopic (exact) mass is 332 g/mol. The summed E-state index contributed by atoms with van der Waals surface area (Å²) in [5.74, 6) is -0.875. The number of thiophene rings is 1. The number of anilines is 1. The van der Waals surface area contributed by atoms with Crippen LogP contribution in [0.15, 0.2) is 5.38 Å². The fraction of sp³-hybridized carbons (Fsp3) is 0.500. The number of sulfonamides is 1. The highest BCUT2D eigenvalue weighted by atomic mass is 32.2. The highest BCUT2D eigenvalue weighted by Gasteiger charge is 2.39. The minimum atomic E-state index is -3.79. The molecule has 0 saturated carbocycles. The number of esters is 1. The number of carbonyl (C=O) groups is 2. The Morgan fingerprint density at radius 2 is 2.24 bits per heavy atom. The van der Waals surface area contributed by atoms with Crippen LogP contribution in [-0.2, 0) is 19.6 Å². The summed E-state index contributed by atoms with van der Waals surface area (Å²) in [5, 5.41) is 6.31. The van der Waals surface area contributed by atoms with Gasteiger partial charge in [-0.15, -0.1) is 11.3 Å². The van der Waals surface area contributed by atoms with E-state index < -0.39 is 21.2 Å². The van der Waals surface area contributed by atoms with Crippen LogP contribution >= 0.6 is 11.3 Å². The van der Waals surface area contributed by atoms with Gasteiger partial charge in [-0.25, -0.2) is 18.4 Å². The molecule has 1 saturated heterocycles. The maximum atomic E-state index is 12.0. The molecule has 0 radical (unpaired) electrons. The molecule has 1 aromatic rings. The third-order valence-electron chi connectivity index (χ3n) is 3.23. The highest BCUT2D eigenvalue weighted by molar-refractivity contribution is 7.89. The normalized spacial score (nSPS) is 19.1. The van der Waals surface area contributed by atoms with Gasteiger partial charge in [-0.1, -0.05) is 0 Å². The van der Waals surface area contributed by atoms with Gasteiger partial charge in [0, 0.05) is 13.0 Å². The van der Waals surface area contributed by atoms with Crippen LogP contribution in [0.25, 0.3) is 0 Å². The van der Waals surface area contributed by atoms with Crippen molar-refractivity contribution >= 4 is 38.2 Å². The van der Waals surface area contributed by atoms with E-state index in [4.69, 9.17) is 9.88 Å². The van der Waals surface area contributed by atoms with Gasteiger partial charge in [-0.05, 0) is 24.8 Å². The molecule has 1 aromatic heterocycles. The zero-order valence-corrected chi connectivity index (χ0v) is 13.3. The quantitative estimate of drug-likeness (QED) is 0.814. The van der Waals surface area contributed by atoms with Gasteiger partial charge in [-0.2, -0.15) is 0 Å². The molecule has 0 aromatic carbocycles. The van der Waals surface area contributed by atoms with Gasteiger partial charge in [0.15, 0.2) is 0 Å². The smallest absolute Gasteiger partial charge is 0.341 e. The van der Waals surface area contributed by atoms with E-state index in [1.165, 1.54) is 16.2 Å². The minimum Gasteiger partial charge on any atom is -0.462 e. The Balaban J connectivity index is 2.36. The summed E-state index contributed by atoms with van der Waals surface area (Å²) in [6.45, 7) is 3.62. The topological polar surface area (TPSA) is 107 Å². The molecule has 1 amide bonds. The summed E-state index contributed by atoms with van der Waals surface area (Å²) < 4.78 is 27.8. The van der Waals surface area contributed by atoms with Crippen molar-refractivity contribution in [2.75, 3.05) is 18.1 Å². The van der Waals surface area contributed by atoms with E-state index in [1.807, 2.05) is 0 Å². The molecule has 1 aliphatic rings. The van der Waals surface area contributed by atoms with Crippen LogP contribution in [0.3, 0.4) is 0 Å². The van der Waals surface area contributed by atoms with Crippen LogP contribution in [0.4, 0.5) is 5.00 Å². The molecule has 7 nitrogen and oxygen atoms in total. The number of nitrogens with zero attached hydrogens (tertiary/aromatic N) is 1. The zero-order valence-electron chi connectivity index (χ0n) is 11.7. The maximum absolute atomic E-state index is 12.0. The summed E-state index contributed by atoms with van der Waals surface area (Å²) in [4.78, 5) is 25.3. The number of rotatable bonds is 4. The summed E-state index contributed by atoms with van der Waals surface area (Å²) in [6.07, 6.45) is -0.169.